The van der Waals surface area contributed by atoms with Crippen LogP contribution in [0.15, 0.2) is 42.7 Å². The lowest BCUT2D eigenvalue weighted by molar-refractivity contribution is 0.319. The van der Waals surface area contributed by atoms with Crippen LogP contribution >= 0.6 is 0 Å². The summed E-state index contributed by atoms with van der Waals surface area (Å²) in [6, 6.07) is 8.41. The van der Waals surface area contributed by atoms with E-state index in [1.165, 1.54) is 16.7 Å². The molecule has 0 radical (unpaired) electrons. The Kier molecular flexibility index (Phi) is 3.86. The first-order chi connectivity index (χ1) is 11.0. The second-order valence-corrected chi connectivity index (χ2v) is 5.95. The Labute approximate surface area is 136 Å². The molecule has 0 aliphatic carbocycles. The van der Waals surface area contributed by atoms with Gasteiger partial charge in [-0.3, -0.25) is 10.1 Å². The standard InChI is InChI=1S/C18H21N5/c1-12-16(9-21-22(12)3)17-11-23(13(2)18(20)8-19)10-14-6-4-5-7-15(14)17/h4-9,17,19-20H,2,10-11H2,1,3H3. The molecule has 0 saturated heterocycles. The highest BCUT2D eigenvalue weighted by Gasteiger charge is 2.29. The van der Waals surface area contributed by atoms with Gasteiger partial charge in [-0.15, -0.1) is 0 Å². The third kappa shape index (κ3) is 2.59. The summed E-state index contributed by atoms with van der Waals surface area (Å²) in [7, 11) is 1.95. The number of nitrogens with one attached hydrogen (secondary N) is 2. The van der Waals surface area contributed by atoms with E-state index in [1.54, 1.807) is 0 Å². The fraction of sp³-hybridized carbons (Fsp3) is 0.278. The summed E-state index contributed by atoms with van der Waals surface area (Å²) in [6.07, 6.45) is 2.98. The van der Waals surface area contributed by atoms with Crippen molar-refractivity contribution in [3.05, 3.63) is 65.1 Å². The van der Waals surface area contributed by atoms with Crippen molar-refractivity contribution in [3.8, 4) is 0 Å². The molecule has 1 aromatic heterocycles. The van der Waals surface area contributed by atoms with E-state index in [-0.39, 0.29) is 11.6 Å². The van der Waals surface area contributed by atoms with Crippen molar-refractivity contribution in [3.63, 3.8) is 0 Å². The van der Waals surface area contributed by atoms with Crippen LogP contribution in [0.5, 0.6) is 0 Å². The van der Waals surface area contributed by atoms with Crippen LogP contribution in [-0.2, 0) is 13.6 Å². The SMILES string of the molecule is C=C(C(=N)C=N)N1Cc2ccccc2C(c2cnn(C)c2C)C1. The van der Waals surface area contributed by atoms with Gasteiger partial charge in [0.25, 0.3) is 0 Å². The van der Waals surface area contributed by atoms with Gasteiger partial charge in [0.15, 0.2) is 0 Å². The second-order valence-electron chi connectivity index (χ2n) is 5.95. The monoisotopic (exact) mass is 307 g/mol. The molecule has 1 unspecified atom stereocenters. The van der Waals surface area contributed by atoms with Crippen molar-refractivity contribution in [1.82, 2.24) is 14.7 Å². The minimum atomic E-state index is 0.158. The quantitative estimate of drug-likeness (QED) is 0.853. The lowest BCUT2D eigenvalue weighted by Crippen LogP contribution is -2.35. The van der Waals surface area contributed by atoms with Gasteiger partial charge >= 0.3 is 0 Å². The maximum atomic E-state index is 7.88. The lowest BCUT2D eigenvalue weighted by Gasteiger charge is -2.37. The smallest absolute Gasteiger partial charge is 0.0942 e. The first-order valence-corrected chi connectivity index (χ1v) is 7.62. The molecule has 0 saturated carbocycles. The largest absolute Gasteiger partial charge is 0.365 e. The minimum absolute atomic E-state index is 0.158. The van der Waals surface area contributed by atoms with Gasteiger partial charge in [0.1, 0.15) is 0 Å². The topological polar surface area (TPSA) is 68.8 Å². The molecule has 23 heavy (non-hydrogen) atoms. The third-order valence-electron chi connectivity index (χ3n) is 4.68. The fourth-order valence-corrected chi connectivity index (χ4v) is 3.19. The van der Waals surface area contributed by atoms with Crippen LogP contribution < -0.4 is 0 Å². The zero-order valence-electron chi connectivity index (χ0n) is 13.5. The van der Waals surface area contributed by atoms with E-state index >= 15 is 0 Å². The van der Waals surface area contributed by atoms with Gasteiger partial charge in [0, 0.05) is 43.5 Å². The number of fused-ring (bicyclic) bond motifs is 1. The van der Waals surface area contributed by atoms with Crippen molar-refractivity contribution in [2.75, 3.05) is 6.54 Å². The van der Waals surface area contributed by atoms with E-state index in [4.69, 9.17) is 10.8 Å². The first kappa shape index (κ1) is 15.2. The lowest BCUT2D eigenvalue weighted by atomic mass is 9.84. The Morgan fingerprint density at radius 1 is 1.35 bits per heavy atom. The first-order valence-electron chi connectivity index (χ1n) is 7.62. The normalized spacial score (nSPS) is 16.8. The van der Waals surface area contributed by atoms with Crippen LogP contribution in [0.2, 0.25) is 0 Å². The molecule has 5 heteroatoms. The second kappa shape index (κ2) is 5.83. The summed E-state index contributed by atoms with van der Waals surface area (Å²) in [6.45, 7) is 7.56. The van der Waals surface area contributed by atoms with E-state index in [2.05, 4.69) is 41.7 Å². The van der Waals surface area contributed by atoms with Crippen molar-refractivity contribution in [2.45, 2.75) is 19.4 Å². The molecule has 1 aromatic carbocycles. The molecular formula is C18H21N5. The van der Waals surface area contributed by atoms with Crippen LogP contribution in [0.25, 0.3) is 0 Å². The van der Waals surface area contributed by atoms with Crippen molar-refractivity contribution in [2.24, 2.45) is 7.05 Å². The van der Waals surface area contributed by atoms with Crippen molar-refractivity contribution in [1.29, 1.82) is 10.8 Å². The minimum Gasteiger partial charge on any atom is -0.365 e. The molecule has 0 amide bonds. The average molecular weight is 307 g/mol. The molecule has 5 nitrogen and oxygen atoms in total. The van der Waals surface area contributed by atoms with Crippen LogP contribution in [-0.4, -0.2) is 33.2 Å². The molecule has 2 N–H and O–H groups in total. The Balaban J connectivity index is 2.04. The Morgan fingerprint density at radius 2 is 2.09 bits per heavy atom. The number of rotatable bonds is 4. The predicted octanol–water partition coefficient (Wildman–Crippen LogP) is 2.86. The highest BCUT2D eigenvalue weighted by atomic mass is 15.3. The van der Waals surface area contributed by atoms with E-state index in [0.29, 0.717) is 5.70 Å². The summed E-state index contributed by atoms with van der Waals surface area (Å²) in [5.41, 5.74) is 5.67. The molecular weight excluding hydrogens is 286 g/mol. The summed E-state index contributed by atoms with van der Waals surface area (Å²) in [4.78, 5) is 2.09. The molecule has 0 fully saturated rings. The Hall–Kier alpha value is -2.69. The molecule has 118 valence electrons. The number of hydrogen-bond acceptors (Lipinski definition) is 4. The number of nitrogens with zero attached hydrogens (tertiary/aromatic N) is 3. The average Bonchev–Trinajstić information content (AvgIpc) is 2.91. The maximum absolute atomic E-state index is 7.88. The highest BCUT2D eigenvalue weighted by molar-refractivity contribution is 6.35. The van der Waals surface area contributed by atoms with Gasteiger partial charge in [-0.25, -0.2) is 0 Å². The predicted molar refractivity (Wildman–Crippen MR) is 92.3 cm³/mol. The van der Waals surface area contributed by atoms with E-state index in [9.17, 15) is 0 Å². The third-order valence-corrected chi connectivity index (χ3v) is 4.68. The number of hydrogen-bond donors (Lipinski definition) is 2. The number of allylic oxidation sites excluding steroid dienone is 1. The number of benzene rings is 1. The number of aromatic nitrogens is 2. The van der Waals surface area contributed by atoms with E-state index in [1.807, 2.05) is 24.0 Å². The van der Waals surface area contributed by atoms with Gasteiger partial charge in [0.05, 0.1) is 17.6 Å². The van der Waals surface area contributed by atoms with Crippen molar-refractivity contribution < 1.29 is 0 Å². The van der Waals surface area contributed by atoms with E-state index in [0.717, 1.165) is 25.0 Å². The molecule has 0 spiro atoms. The summed E-state index contributed by atoms with van der Waals surface area (Å²) >= 11 is 0. The molecule has 1 aliphatic heterocycles. The van der Waals surface area contributed by atoms with Crippen LogP contribution in [0, 0.1) is 17.7 Å². The Morgan fingerprint density at radius 3 is 2.74 bits per heavy atom. The molecule has 1 atom stereocenters. The Bertz CT molecular complexity index is 786. The molecule has 1 aliphatic rings. The molecule has 3 rings (SSSR count). The maximum Gasteiger partial charge on any atom is 0.0942 e. The van der Waals surface area contributed by atoms with Crippen LogP contribution in [0.3, 0.4) is 0 Å². The van der Waals surface area contributed by atoms with Crippen LogP contribution in [0.4, 0.5) is 0 Å². The zero-order valence-corrected chi connectivity index (χ0v) is 13.5. The molecule has 2 heterocycles. The van der Waals surface area contributed by atoms with Crippen molar-refractivity contribution >= 4 is 11.9 Å². The van der Waals surface area contributed by atoms with E-state index < -0.39 is 0 Å². The summed E-state index contributed by atoms with van der Waals surface area (Å²) in [5.74, 6) is 0.198. The van der Waals surface area contributed by atoms with Gasteiger partial charge in [-0.1, -0.05) is 30.8 Å². The van der Waals surface area contributed by atoms with Crippen LogP contribution in [0.1, 0.15) is 28.3 Å². The highest BCUT2D eigenvalue weighted by Crippen LogP contribution is 2.35. The summed E-state index contributed by atoms with van der Waals surface area (Å²) in [5, 5.41) is 19.6. The summed E-state index contributed by atoms with van der Waals surface area (Å²) < 4.78 is 1.89. The molecule has 2 aromatic rings. The zero-order chi connectivity index (χ0) is 16.6. The van der Waals surface area contributed by atoms with Gasteiger partial charge in [0.2, 0.25) is 0 Å². The van der Waals surface area contributed by atoms with Gasteiger partial charge in [-0.2, -0.15) is 5.10 Å². The van der Waals surface area contributed by atoms with Gasteiger partial charge in [-0.05, 0) is 18.1 Å². The fourth-order valence-electron chi connectivity index (χ4n) is 3.19. The van der Waals surface area contributed by atoms with Gasteiger partial charge < -0.3 is 10.3 Å². The number of aryl methyl sites for hydroxylation is 1. The molecule has 0 bridgehead atoms.